The second-order valence-corrected chi connectivity index (χ2v) is 7.18. The monoisotopic (exact) mass is 414 g/mol. The van der Waals surface area contributed by atoms with E-state index in [0.717, 1.165) is 34.6 Å². The van der Waals surface area contributed by atoms with Gasteiger partial charge in [0.1, 0.15) is 0 Å². The van der Waals surface area contributed by atoms with Crippen LogP contribution in [0, 0.1) is 6.92 Å². The highest BCUT2D eigenvalue weighted by atomic mass is 79.9. The summed E-state index contributed by atoms with van der Waals surface area (Å²) in [5.74, 6) is 0.789. The number of para-hydroxylation sites is 1. The Morgan fingerprint density at radius 2 is 2.08 bits per heavy atom. The van der Waals surface area contributed by atoms with Gasteiger partial charge in [0.2, 0.25) is 5.91 Å². The Bertz CT molecular complexity index is 834. The fourth-order valence-electron chi connectivity index (χ4n) is 3.08. The van der Waals surface area contributed by atoms with E-state index in [2.05, 4.69) is 54.7 Å². The number of carbonyl (C=O) groups excluding carboxylic acids is 1. The molecule has 1 aliphatic heterocycles. The Hall–Kier alpha value is -2.34. The summed E-state index contributed by atoms with van der Waals surface area (Å²) in [7, 11) is 1.77. The lowest BCUT2D eigenvalue weighted by Gasteiger charge is -2.22. The summed E-state index contributed by atoms with van der Waals surface area (Å²) in [6.07, 6.45) is 1.39. The average molecular weight is 415 g/mol. The van der Waals surface area contributed by atoms with Crippen molar-refractivity contribution in [3.8, 4) is 0 Å². The van der Waals surface area contributed by atoms with Gasteiger partial charge in [0.15, 0.2) is 5.96 Å². The quantitative estimate of drug-likeness (QED) is 0.591. The van der Waals surface area contributed by atoms with Crippen LogP contribution >= 0.6 is 15.9 Å². The van der Waals surface area contributed by atoms with Crippen LogP contribution in [0.3, 0.4) is 0 Å². The number of hydrogen-bond donors (Lipinski definition) is 2. The molecule has 136 valence electrons. The third-order valence-electron chi connectivity index (χ3n) is 4.46. The zero-order valence-electron chi connectivity index (χ0n) is 15.1. The van der Waals surface area contributed by atoms with E-state index in [4.69, 9.17) is 0 Å². The smallest absolute Gasteiger partial charge is 0.226 e. The van der Waals surface area contributed by atoms with Gasteiger partial charge in [-0.05, 0) is 42.7 Å². The van der Waals surface area contributed by atoms with Crippen molar-refractivity contribution >= 4 is 39.2 Å². The van der Waals surface area contributed by atoms with E-state index in [1.54, 1.807) is 7.05 Å². The van der Waals surface area contributed by atoms with E-state index in [9.17, 15) is 4.79 Å². The first-order valence-electron chi connectivity index (χ1n) is 8.70. The number of benzene rings is 2. The number of fused-ring (bicyclic) bond motifs is 1. The molecule has 2 N–H and O–H groups in total. The summed E-state index contributed by atoms with van der Waals surface area (Å²) in [5.41, 5.74) is 4.40. The van der Waals surface area contributed by atoms with Crippen LogP contribution in [-0.2, 0) is 11.2 Å². The molecule has 5 nitrogen and oxygen atoms in total. The number of amides is 1. The first kappa shape index (κ1) is 18.5. The maximum atomic E-state index is 12.2. The minimum atomic E-state index is -0.0176. The summed E-state index contributed by atoms with van der Waals surface area (Å²) < 4.78 is 0.949. The molecule has 0 spiro atoms. The van der Waals surface area contributed by atoms with Crippen LogP contribution in [0.25, 0.3) is 0 Å². The zero-order chi connectivity index (χ0) is 18.5. The van der Waals surface area contributed by atoms with Gasteiger partial charge in [0.05, 0.1) is 0 Å². The van der Waals surface area contributed by atoms with Crippen LogP contribution in [0.1, 0.15) is 17.5 Å². The highest BCUT2D eigenvalue weighted by Crippen LogP contribution is 2.27. The Labute approximate surface area is 162 Å². The predicted molar refractivity (Wildman–Crippen MR) is 111 cm³/mol. The molecule has 1 amide bonds. The third kappa shape index (κ3) is 4.25. The Morgan fingerprint density at radius 3 is 2.88 bits per heavy atom. The van der Waals surface area contributed by atoms with Crippen molar-refractivity contribution in [1.82, 2.24) is 5.32 Å². The number of rotatable bonds is 4. The molecule has 6 heteroatoms. The molecular weight excluding hydrogens is 392 g/mol. The highest BCUT2D eigenvalue weighted by Gasteiger charge is 2.22. The number of nitrogens with zero attached hydrogens (tertiary/aromatic N) is 2. The second-order valence-electron chi connectivity index (χ2n) is 6.26. The molecule has 0 fully saturated rings. The molecule has 0 saturated heterocycles. The summed E-state index contributed by atoms with van der Waals surface area (Å²) in [6, 6.07) is 14.2. The molecule has 3 rings (SSSR count). The van der Waals surface area contributed by atoms with Gasteiger partial charge < -0.3 is 15.5 Å². The maximum Gasteiger partial charge on any atom is 0.226 e. The van der Waals surface area contributed by atoms with Crippen molar-refractivity contribution in [1.29, 1.82) is 0 Å². The number of aryl methyl sites for hydroxylation is 1. The molecule has 2 aromatic rings. The Kier molecular flexibility index (Phi) is 5.93. The average Bonchev–Trinajstić information content (AvgIpc) is 3.06. The number of aliphatic imine (C=N–C) groups is 1. The van der Waals surface area contributed by atoms with Crippen molar-refractivity contribution in [3.05, 3.63) is 58.1 Å². The SMILES string of the molecule is CN=C(NCCC(=O)Nc1cc(Br)ccc1C)N1CCc2ccccc21. The fourth-order valence-corrected chi connectivity index (χ4v) is 3.44. The van der Waals surface area contributed by atoms with Crippen molar-refractivity contribution < 1.29 is 4.79 Å². The van der Waals surface area contributed by atoms with Crippen molar-refractivity contribution in [2.24, 2.45) is 4.99 Å². The number of carbonyl (C=O) groups is 1. The van der Waals surface area contributed by atoms with Gasteiger partial charge in [-0.25, -0.2) is 0 Å². The van der Waals surface area contributed by atoms with Gasteiger partial charge >= 0.3 is 0 Å². The van der Waals surface area contributed by atoms with Crippen LogP contribution in [-0.4, -0.2) is 32.0 Å². The van der Waals surface area contributed by atoms with Gasteiger partial charge in [-0.1, -0.05) is 40.2 Å². The lowest BCUT2D eigenvalue weighted by molar-refractivity contribution is -0.116. The maximum absolute atomic E-state index is 12.2. The molecule has 0 bridgehead atoms. The number of nitrogens with one attached hydrogen (secondary N) is 2. The van der Waals surface area contributed by atoms with Crippen molar-refractivity contribution in [2.75, 3.05) is 30.4 Å². The molecular formula is C20H23BrN4O. The van der Waals surface area contributed by atoms with E-state index in [1.807, 2.05) is 31.2 Å². The first-order valence-corrected chi connectivity index (χ1v) is 9.50. The molecule has 1 aliphatic rings. The van der Waals surface area contributed by atoms with Crippen LogP contribution in [0.4, 0.5) is 11.4 Å². The van der Waals surface area contributed by atoms with E-state index in [1.165, 1.54) is 11.3 Å². The topological polar surface area (TPSA) is 56.7 Å². The minimum Gasteiger partial charge on any atom is -0.355 e. The van der Waals surface area contributed by atoms with E-state index in [-0.39, 0.29) is 5.91 Å². The molecule has 26 heavy (non-hydrogen) atoms. The molecule has 0 saturated carbocycles. The summed E-state index contributed by atoms with van der Waals surface area (Å²) in [6.45, 7) is 3.42. The lowest BCUT2D eigenvalue weighted by Crippen LogP contribution is -2.41. The molecule has 0 aromatic heterocycles. The summed E-state index contributed by atoms with van der Waals surface area (Å²) in [5, 5.41) is 6.27. The molecule has 0 atom stereocenters. The first-order chi connectivity index (χ1) is 12.6. The molecule has 0 aliphatic carbocycles. The van der Waals surface area contributed by atoms with E-state index >= 15 is 0 Å². The van der Waals surface area contributed by atoms with Crippen LogP contribution < -0.4 is 15.5 Å². The lowest BCUT2D eigenvalue weighted by atomic mass is 10.2. The van der Waals surface area contributed by atoms with E-state index in [0.29, 0.717) is 13.0 Å². The van der Waals surface area contributed by atoms with Gasteiger partial charge in [-0.2, -0.15) is 0 Å². The number of guanidine groups is 1. The van der Waals surface area contributed by atoms with Crippen molar-refractivity contribution in [3.63, 3.8) is 0 Å². The van der Waals surface area contributed by atoms with Crippen molar-refractivity contribution in [2.45, 2.75) is 19.8 Å². The molecule has 0 radical (unpaired) electrons. The number of anilines is 2. The van der Waals surface area contributed by atoms with Crippen LogP contribution in [0.2, 0.25) is 0 Å². The highest BCUT2D eigenvalue weighted by molar-refractivity contribution is 9.10. The zero-order valence-corrected chi connectivity index (χ0v) is 16.6. The predicted octanol–water partition coefficient (Wildman–Crippen LogP) is 3.72. The van der Waals surface area contributed by atoms with Gasteiger partial charge in [-0.15, -0.1) is 0 Å². The summed E-state index contributed by atoms with van der Waals surface area (Å²) >= 11 is 3.43. The van der Waals surface area contributed by atoms with Gasteiger partial charge in [0, 0.05) is 42.4 Å². The second kappa shape index (κ2) is 8.36. The van der Waals surface area contributed by atoms with Gasteiger partial charge in [-0.3, -0.25) is 9.79 Å². The number of halogens is 1. The largest absolute Gasteiger partial charge is 0.355 e. The van der Waals surface area contributed by atoms with Crippen LogP contribution in [0.15, 0.2) is 51.9 Å². The minimum absolute atomic E-state index is 0.0176. The van der Waals surface area contributed by atoms with Crippen LogP contribution in [0.5, 0.6) is 0 Å². The summed E-state index contributed by atoms with van der Waals surface area (Å²) in [4.78, 5) is 18.8. The Morgan fingerprint density at radius 1 is 1.27 bits per heavy atom. The standard InChI is InChI=1S/C20H23BrN4O/c1-14-7-8-16(21)13-17(14)24-19(26)9-11-23-20(22-2)25-12-10-15-5-3-4-6-18(15)25/h3-8,13H,9-12H2,1-2H3,(H,22,23)(H,24,26). The van der Waals surface area contributed by atoms with E-state index < -0.39 is 0 Å². The van der Waals surface area contributed by atoms with Gasteiger partial charge in [0.25, 0.3) is 0 Å². The Balaban J connectivity index is 1.54. The molecule has 2 aromatic carbocycles. The normalized spacial score (nSPS) is 13.5. The number of hydrogen-bond acceptors (Lipinski definition) is 2. The fraction of sp³-hybridized carbons (Fsp3) is 0.300. The third-order valence-corrected chi connectivity index (χ3v) is 4.96. The molecule has 1 heterocycles. The molecule has 0 unspecified atom stereocenters.